The maximum atomic E-state index is 12.1. The lowest BCUT2D eigenvalue weighted by molar-refractivity contribution is -0.124. The molecule has 2 rings (SSSR count). The summed E-state index contributed by atoms with van der Waals surface area (Å²) >= 11 is 0. The van der Waals surface area contributed by atoms with Crippen LogP contribution in [0.25, 0.3) is 0 Å². The Morgan fingerprint density at radius 1 is 1.24 bits per heavy atom. The monoisotopic (exact) mass is 239 g/mol. The summed E-state index contributed by atoms with van der Waals surface area (Å²) in [7, 11) is 1.89. The number of likely N-dealkylation sites (tertiary alicyclic amines) is 2. The van der Waals surface area contributed by atoms with E-state index in [-0.39, 0.29) is 12.1 Å². The standard InChI is InChI=1S/C13H25N3O/c1-10(2)14(5)12(17)15-8-13(9-15)6-7-16(13)11(3)4/h10-11H,6-9H2,1-5H3. The molecule has 0 radical (unpaired) electrons. The number of carbonyl (C=O) groups is 1. The summed E-state index contributed by atoms with van der Waals surface area (Å²) in [6, 6.07) is 1.06. The van der Waals surface area contributed by atoms with Crippen LogP contribution in [0.3, 0.4) is 0 Å². The first-order chi connectivity index (χ1) is 7.87. The Hall–Kier alpha value is -0.770. The van der Waals surface area contributed by atoms with Gasteiger partial charge in [0.1, 0.15) is 0 Å². The lowest BCUT2D eigenvalue weighted by atomic mass is 9.76. The van der Waals surface area contributed by atoms with Crippen molar-refractivity contribution in [1.82, 2.24) is 14.7 Å². The number of amides is 2. The molecule has 0 aromatic carbocycles. The molecule has 0 bridgehead atoms. The van der Waals surface area contributed by atoms with Gasteiger partial charge in [-0.05, 0) is 34.1 Å². The maximum Gasteiger partial charge on any atom is 0.320 e. The van der Waals surface area contributed by atoms with E-state index in [1.807, 2.05) is 16.8 Å². The first-order valence-corrected chi connectivity index (χ1v) is 6.66. The van der Waals surface area contributed by atoms with Crippen molar-refractivity contribution in [3.8, 4) is 0 Å². The predicted molar refractivity (Wildman–Crippen MR) is 69.1 cm³/mol. The van der Waals surface area contributed by atoms with Gasteiger partial charge in [-0.25, -0.2) is 4.79 Å². The largest absolute Gasteiger partial charge is 0.325 e. The molecule has 2 amide bonds. The molecule has 0 aliphatic carbocycles. The molecule has 2 fully saturated rings. The highest BCUT2D eigenvalue weighted by Crippen LogP contribution is 2.40. The molecule has 4 heteroatoms. The fraction of sp³-hybridized carbons (Fsp3) is 0.923. The molecular weight excluding hydrogens is 214 g/mol. The molecule has 2 saturated heterocycles. The lowest BCUT2D eigenvalue weighted by Crippen LogP contribution is -2.79. The Labute approximate surface area is 105 Å². The smallest absolute Gasteiger partial charge is 0.320 e. The van der Waals surface area contributed by atoms with Gasteiger partial charge in [-0.2, -0.15) is 0 Å². The van der Waals surface area contributed by atoms with Gasteiger partial charge < -0.3 is 9.80 Å². The van der Waals surface area contributed by atoms with E-state index in [0.717, 1.165) is 13.1 Å². The molecule has 0 N–H and O–H groups in total. The van der Waals surface area contributed by atoms with Gasteiger partial charge in [0.15, 0.2) is 0 Å². The Kier molecular flexibility index (Phi) is 3.10. The van der Waals surface area contributed by atoms with Crippen LogP contribution in [0.4, 0.5) is 4.79 Å². The molecule has 2 aliphatic heterocycles. The zero-order valence-corrected chi connectivity index (χ0v) is 11.7. The Balaban J connectivity index is 1.89. The van der Waals surface area contributed by atoms with Crippen LogP contribution in [-0.2, 0) is 0 Å². The summed E-state index contributed by atoms with van der Waals surface area (Å²) in [5.41, 5.74) is 0.321. The summed E-state index contributed by atoms with van der Waals surface area (Å²) < 4.78 is 0. The minimum atomic E-state index is 0.182. The second-order valence-corrected chi connectivity index (χ2v) is 6.10. The summed E-state index contributed by atoms with van der Waals surface area (Å²) in [4.78, 5) is 18.4. The quantitative estimate of drug-likeness (QED) is 0.732. The van der Waals surface area contributed by atoms with Crippen molar-refractivity contribution in [3.63, 3.8) is 0 Å². The molecule has 1 spiro atoms. The molecule has 0 unspecified atom stereocenters. The minimum absolute atomic E-state index is 0.182. The molecule has 0 saturated carbocycles. The van der Waals surface area contributed by atoms with Gasteiger partial charge in [0, 0.05) is 38.8 Å². The molecule has 2 aliphatic rings. The fourth-order valence-electron chi connectivity index (χ4n) is 2.95. The zero-order chi connectivity index (χ0) is 12.8. The number of carbonyl (C=O) groups excluding carboxylic acids is 1. The van der Waals surface area contributed by atoms with Crippen LogP contribution < -0.4 is 0 Å². The number of nitrogens with zero attached hydrogens (tertiary/aromatic N) is 3. The third-order valence-corrected chi connectivity index (χ3v) is 4.37. The molecule has 2 heterocycles. The second kappa shape index (κ2) is 4.16. The zero-order valence-electron chi connectivity index (χ0n) is 11.7. The highest BCUT2D eigenvalue weighted by Gasteiger charge is 2.55. The van der Waals surface area contributed by atoms with Crippen LogP contribution in [0.5, 0.6) is 0 Å². The van der Waals surface area contributed by atoms with Crippen molar-refractivity contribution in [2.75, 3.05) is 26.7 Å². The summed E-state index contributed by atoms with van der Waals surface area (Å²) in [6.45, 7) is 11.6. The van der Waals surface area contributed by atoms with E-state index in [1.165, 1.54) is 13.0 Å². The average Bonchev–Trinajstić information content (AvgIpc) is 2.11. The van der Waals surface area contributed by atoms with Gasteiger partial charge >= 0.3 is 6.03 Å². The molecule has 98 valence electrons. The van der Waals surface area contributed by atoms with Crippen LogP contribution in [0.1, 0.15) is 34.1 Å². The third kappa shape index (κ3) is 1.92. The Morgan fingerprint density at radius 2 is 1.82 bits per heavy atom. The van der Waals surface area contributed by atoms with Crippen LogP contribution in [-0.4, -0.2) is 65.0 Å². The van der Waals surface area contributed by atoms with E-state index in [1.54, 1.807) is 0 Å². The van der Waals surface area contributed by atoms with Gasteiger partial charge in [0.05, 0.1) is 5.54 Å². The topological polar surface area (TPSA) is 26.8 Å². The van der Waals surface area contributed by atoms with Crippen molar-refractivity contribution < 1.29 is 4.79 Å². The van der Waals surface area contributed by atoms with E-state index >= 15 is 0 Å². The number of rotatable bonds is 2. The average molecular weight is 239 g/mol. The van der Waals surface area contributed by atoms with Crippen LogP contribution in [0.15, 0.2) is 0 Å². The first-order valence-electron chi connectivity index (χ1n) is 6.66. The van der Waals surface area contributed by atoms with Crippen LogP contribution in [0.2, 0.25) is 0 Å². The Morgan fingerprint density at radius 3 is 2.18 bits per heavy atom. The van der Waals surface area contributed by atoms with Crippen molar-refractivity contribution in [2.24, 2.45) is 0 Å². The predicted octanol–water partition coefficient (Wildman–Crippen LogP) is 1.62. The van der Waals surface area contributed by atoms with Crippen molar-refractivity contribution in [2.45, 2.75) is 51.7 Å². The highest BCUT2D eigenvalue weighted by atomic mass is 16.2. The SMILES string of the molecule is CC(C)N(C)C(=O)N1CC2(CCN2C(C)C)C1. The van der Waals surface area contributed by atoms with E-state index in [9.17, 15) is 4.79 Å². The molecule has 0 atom stereocenters. The number of hydrogen-bond donors (Lipinski definition) is 0. The van der Waals surface area contributed by atoms with Crippen LogP contribution >= 0.6 is 0 Å². The van der Waals surface area contributed by atoms with Gasteiger partial charge in [0.25, 0.3) is 0 Å². The molecular formula is C13H25N3O. The lowest BCUT2D eigenvalue weighted by Gasteiger charge is -2.64. The van der Waals surface area contributed by atoms with Gasteiger partial charge in [-0.1, -0.05) is 0 Å². The number of hydrogen-bond acceptors (Lipinski definition) is 2. The van der Waals surface area contributed by atoms with E-state index in [4.69, 9.17) is 0 Å². The van der Waals surface area contributed by atoms with E-state index in [2.05, 4.69) is 32.6 Å². The third-order valence-electron chi connectivity index (χ3n) is 4.37. The normalized spacial score (nSPS) is 22.9. The summed E-state index contributed by atoms with van der Waals surface area (Å²) in [5.74, 6) is 0. The molecule has 4 nitrogen and oxygen atoms in total. The minimum Gasteiger partial charge on any atom is -0.325 e. The summed E-state index contributed by atoms with van der Waals surface area (Å²) in [6.07, 6.45) is 1.25. The van der Waals surface area contributed by atoms with Gasteiger partial charge in [-0.3, -0.25) is 4.90 Å². The van der Waals surface area contributed by atoms with Crippen molar-refractivity contribution >= 4 is 6.03 Å². The molecule has 0 aromatic rings. The van der Waals surface area contributed by atoms with Gasteiger partial charge in [0.2, 0.25) is 0 Å². The number of urea groups is 1. The van der Waals surface area contributed by atoms with Crippen LogP contribution in [0, 0.1) is 0 Å². The van der Waals surface area contributed by atoms with Crippen molar-refractivity contribution in [3.05, 3.63) is 0 Å². The van der Waals surface area contributed by atoms with E-state index < -0.39 is 0 Å². The second-order valence-electron chi connectivity index (χ2n) is 6.10. The Bertz CT molecular complexity index is 308. The van der Waals surface area contributed by atoms with Crippen molar-refractivity contribution in [1.29, 1.82) is 0 Å². The first kappa shape index (κ1) is 12.7. The fourth-order valence-corrected chi connectivity index (χ4v) is 2.95. The summed E-state index contributed by atoms with van der Waals surface area (Å²) in [5, 5.41) is 0. The highest BCUT2D eigenvalue weighted by molar-refractivity contribution is 5.76. The van der Waals surface area contributed by atoms with Gasteiger partial charge in [-0.15, -0.1) is 0 Å². The maximum absolute atomic E-state index is 12.1. The van der Waals surface area contributed by atoms with E-state index in [0.29, 0.717) is 11.6 Å². The molecule has 0 aromatic heterocycles. The molecule has 17 heavy (non-hydrogen) atoms.